The zero-order valence-electron chi connectivity index (χ0n) is 16.7. The van der Waals surface area contributed by atoms with Gasteiger partial charge >= 0.3 is 10.1 Å². The molecule has 2 heterocycles. The lowest BCUT2D eigenvalue weighted by molar-refractivity contribution is 0.465. The minimum atomic E-state index is -4.17. The van der Waals surface area contributed by atoms with E-state index in [-0.39, 0.29) is 16.2 Å². The number of nitrogens with zero attached hydrogens (tertiary/aromatic N) is 3. The van der Waals surface area contributed by atoms with E-state index in [2.05, 4.69) is 10.1 Å². The lowest BCUT2D eigenvalue weighted by Gasteiger charge is -2.13. The highest BCUT2D eigenvalue weighted by molar-refractivity contribution is 7.87. The molecule has 154 valence electrons. The van der Waals surface area contributed by atoms with Gasteiger partial charge in [0.2, 0.25) is 5.88 Å². The van der Waals surface area contributed by atoms with Gasteiger partial charge in [0.05, 0.1) is 16.9 Å². The number of aromatic nitrogens is 3. The van der Waals surface area contributed by atoms with E-state index in [4.69, 9.17) is 15.8 Å². The summed E-state index contributed by atoms with van der Waals surface area (Å²) < 4.78 is 33.4. The van der Waals surface area contributed by atoms with Gasteiger partial charge in [0.1, 0.15) is 4.90 Å². The van der Waals surface area contributed by atoms with Gasteiger partial charge in [0, 0.05) is 28.1 Å². The second-order valence-corrected chi connectivity index (χ2v) is 9.83. The summed E-state index contributed by atoms with van der Waals surface area (Å²) in [4.78, 5) is 4.22. The molecule has 0 aliphatic carbocycles. The smallest absolute Gasteiger partial charge is 0.342 e. The van der Waals surface area contributed by atoms with Crippen molar-refractivity contribution in [2.24, 2.45) is 0 Å². The van der Waals surface area contributed by atoms with E-state index in [1.807, 2.05) is 20.8 Å². The Morgan fingerprint density at radius 3 is 2.47 bits per heavy atom. The summed E-state index contributed by atoms with van der Waals surface area (Å²) in [5, 5.41) is 5.80. The molecule has 0 radical (unpaired) electrons. The highest BCUT2D eigenvalue weighted by Gasteiger charge is 2.27. The molecule has 2 aromatic carbocycles. The van der Waals surface area contributed by atoms with Crippen molar-refractivity contribution in [3.8, 4) is 11.6 Å². The number of para-hydroxylation sites is 1. The largest absolute Gasteiger partial charge is 0.358 e. The molecule has 30 heavy (non-hydrogen) atoms. The maximum Gasteiger partial charge on any atom is 0.342 e. The molecule has 0 N–H and O–H groups in total. The number of halogens is 1. The van der Waals surface area contributed by atoms with Crippen molar-refractivity contribution in [3.63, 3.8) is 0 Å². The lowest BCUT2D eigenvalue weighted by Crippen LogP contribution is -2.14. The zero-order valence-corrected chi connectivity index (χ0v) is 18.3. The van der Waals surface area contributed by atoms with Gasteiger partial charge in [-0.3, -0.25) is 4.98 Å². The molecule has 0 spiro atoms. The molecule has 0 amide bonds. The monoisotopic (exact) mass is 441 g/mol. The van der Waals surface area contributed by atoms with E-state index in [9.17, 15) is 8.42 Å². The van der Waals surface area contributed by atoms with Crippen LogP contribution in [0, 0.1) is 0 Å². The Bertz CT molecular complexity index is 1340. The van der Waals surface area contributed by atoms with E-state index in [0.29, 0.717) is 27.3 Å². The van der Waals surface area contributed by atoms with Gasteiger partial charge in [-0.1, -0.05) is 56.6 Å². The Kier molecular flexibility index (Phi) is 5.03. The minimum absolute atomic E-state index is 0.00301. The van der Waals surface area contributed by atoms with Crippen molar-refractivity contribution in [1.82, 2.24) is 14.8 Å². The number of pyridine rings is 1. The Labute approximate surface area is 180 Å². The third kappa shape index (κ3) is 3.91. The van der Waals surface area contributed by atoms with Gasteiger partial charge in [-0.15, -0.1) is 0 Å². The molecule has 6 nitrogen and oxygen atoms in total. The Hall–Kier alpha value is -2.90. The summed E-state index contributed by atoms with van der Waals surface area (Å²) in [5.41, 5.74) is 1.32. The molecule has 0 saturated heterocycles. The average Bonchev–Trinajstić information content (AvgIpc) is 3.11. The molecule has 0 bridgehead atoms. The van der Waals surface area contributed by atoms with Crippen LogP contribution in [0.1, 0.15) is 26.5 Å². The second kappa shape index (κ2) is 7.41. The molecule has 4 aromatic rings. The van der Waals surface area contributed by atoms with Crippen molar-refractivity contribution >= 4 is 32.6 Å². The van der Waals surface area contributed by atoms with E-state index < -0.39 is 10.1 Å². The summed E-state index contributed by atoms with van der Waals surface area (Å²) in [6.07, 6.45) is 1.55. The third-order valence-corrected chi connectivity index (χ3v) is 6.05. The molecule has 8 heteroatoms. The standard InChI is InChI=1S/C22H20ClN3O3S/c1-22(2,3)19-14-20(26(25-19)17-10-5-9-16(23)13-17)29-30(27,28)18-11-4-7-15-8-6-12-24-21(15)18/h4-14H,1-3H3. The van der Waals surface area contributed by atoms with Crippen LogP contribution < -0.4 is 4.18 Å². The maximum absolute atomic E-state index is 13.2. The quantitative estimate of drug-likeness (QED) is 0.410. The maximum atomic E-state index is 13.2. The topological polar surface area (TPSA) is 74.1 Å². The van der Waals surface area contributed by atoms with Crippen molar-refractivity contribution in [3.05, 3.63) is 77.6 Å². The molecule has 0 fully saturated rings. The molecule has 0 saturated carbocycles. The van der Waals surface area contributed by atoms with Crippen LogP contribution in [-0.2, 0) is 15.5 Å². The number of benzene rings is 2. The first-order valence-electron chi connectivity index (χ1n) is 9.30. The first kappa shape index (κ1) is 20.4. The number of hydrogen-bond donors (Lipinski definition) is 0. The summed E-state index contributed by atoms with van der Waals surface area (Å²) in [6, 6.07) is 17.1. The number of fused-ring (bicyclic) bond motifs is 1. The van der Waals surface area contributed by atoms with Crippen LogP contribution in [0.15, 0.2) is 71.8 Å². The third-order valence-electron chi connectivity index (χ3n) is 4.56. The van der Waals surface area contributed by atoms with Crippen LogP contribution in [0.3, 0.4) is 0 Å². The number of rotatable bonds is 4. The van der Waals surface area contributed by atoms with Crippen LogP contribution >= 0.6 is 11.6 Å². The first-order chi connectivity index (χ1) is 14.1. The minimum Gasteiger partial charge on any atom is -0.358 e. The summed E-state index contributed by atoms with van der Waals surface area (Å²) in [7, 11) is -4.17. The molecule has 0 aliphatic heterocycles. The predicted octanol–water partition coefficient (Wildman–Crippen LogP) is 5.14. The normalized spacial score (nSPS) is 12.3. The van der Waals surface area contributed by atoms with E-state index in [1.54, 1.807) is 60.8 Å². The molecule has 0 aliphatic rings. The van der Waals surface area contributed by atoms with Gasteiger partial charge < -0.3 is 4.18 Å². The molecule has 2 aromatic heterocycles. The van der Waals surface area contributed by atoms with Crippen molar-refractivity contribution in [1.29, 1.82) is 0 Å². The number of hydrogen-bond acceptors (Lipinski definition) is 5. The summed E-state index contributed by atoms with van der Waals surface area (Å²) in [5.74, 6) is 0.0788. The van der Waals surface area contributed by atoms with Crippen molar-refractivity contribution in [2.75, 3.05) is 0 Å². The summed E-state index contributed by atoms with van der Waals surface area (Å²) >= 11 is 6.13. The molecule has 0 unspecified atom stereocenters. The fourth-order valence-electron chi connectivity index (χ4n) is 3.02. The fourth-order valence-corrected chi connectivity index (χ4v) is 4.29. The van der Waals surface area contributed by atoms with E-state index in [0.717, 1.165) is 0 Å². The highest BCUT2D eigenvalue weighted by atomic mass is 35.5. The Morgan fingerprint density at radius 2 is 1.73 bits per heavy atom. The van der Waals surface area contributed by atoms with Crippen LogP contribution in [0.2, 0.25) is 5.02 Å². The van der Waals surface area contributed by atoms with Gasteiger partial charge in [-0.25, -0.2) is 0 Å². The van der Waals surface area contributed by atoms with Gasteiger partial charge in [0.15, 0.2) is 0 Å². The van der Waals surface area contributed by atoms with Crippen LogP contribution in [0.5, 0.6) is 5.88 Å². The van der Waals surface area contributed by atoms with E-state index in [1.165, 1.54) is 10.7 Å². The lowest BCUT2D eigenvalue weighted by atomic mass is 9.93. The second-order valence-electron chi connectivity index (χ2n) is 7.88. The summed E-state index contributed by atoms with van der Waals surface area (Å²) in [6.45, 7) is 5.97. The first-order valence-corrected chi connectivity index (χ1v) is 11.1. The van der Waals surface area contributed by atoms with Crippen LogP contribution in [0.25, 0.3) is 16.6 Å². The van der Waals surface area contributed by atoms with Gasteiger partial charge in [-0.05, 0) is 30.3 Å². The van der Waals surface area contributed by atoms with Crippen molar-refractivity contribution in [2.45, 2.75) is 31.1 Å². The average molecular weight is 442 g/mol. The fraction of sp³-hybridized carbons (Fsp3) is 0.182. The van der Waals surface area contributed by atoms with E-state index >= 15 is 0 Å². The molecule has 4 rings (SSSR count). The van der Waals surface area contributed by atoms with Gasteiger partial charge in [-0.2, -0.15) is 18.2 Å². The molecular formula is C22H20ClN3O3S. The van der Waals surface area contributed by atoms with Crippen molar-refractivity contribution < 1.29 is 12.6 Å². The van der Waals surface area contributed by atoms with Gasteiger partial charge in [0.25, 0.3) is 0 Å². The molecule has 0 atom stereocenters. The zero-order chi connectivity index (χ0) is 21.5. The Balaban J connectivity index is 1.85. The van der Waals surface area contributed by atoms with Crippen LogP contribution in [0.4, 0.5) is 0 Å². The Morgan fingerprint density at radius 1 is 1.00 bits per heavy atom. The predicted molar refractivity (Wildman–Crippen MR) is 117 cm³/mol. The SMILES string of the molecule is CC(C)(C)c1cc(OS(=O)(=O)c2cccc3cccnc23)n(-c2cccc(Cl)c2)n1. The highest BCUT2D eigenvalue weighted by Crippen LogP contribution is 2.31. The molecular weight excluding hydrogens is 422 g/mol. The van der Waals surface area contributed by atoms with Crippen LogP contribution in [-0.4, -0.2) is 23.2 Å².